The SMILES string of the molecule is CC(C)OC(=O)c1cc(Cl)cc(Cl)c1I. The molecule has 15 heavy (non-hydrogen) atoms. The van der Waals surface area contributed by atoms with E-state index in [0.717, 1.165) is 0 Å². The third kappa shape index (κ3) is 3.50. The van der Waals surface area contributed by atoms with Gasteiger partial charge in [0.15, 0.2) is 0 Å². The number of carbonyl (C=O) groups is 1. The summed E-state index contributed by atoms with van der Waals surface area (Å²) in [6.07, 6.45) is -0.161. The maximum Gasteiger partial charge on any atom is 0.339 e. The van der Waals surface area contributed by atoms with Crippen molar-refractivity contribution in [3.05, 3.63) is 31.3 Å². The van der Waals surface area contributed by atoms with Gasteiger partial charge in [0.2, 0.25) is 0 Å². The van der Waals surface area contributed by atoms with Crippen LogP contribution < -0.4 is 0 Å². The highest BCUT2D eigenvalue weighted by Crippen LogP contribution is 2.27. The van der Waals surface area contributed by atoms with Gasteiger partial charge in [-0.2, -0.15) is 0 Å². The molecule has 82 valence electrons. The lowest BCUT2D eigenvalue weighted by Crippen LogP contribution is -2.13. The van der Waals surface area contributed by atoms with E-state index in [1.165, 1.54) is 0 Å². The molecule has 0 aliphatic carbocycles. The lowest BCUT2D eigenvalue weighted by atomic mass is 10.2. The summed E-state index contributed by atoms with van der Waals surface area (Å²) >= 11 is 13.7. The van der Waals surface area contributed by atoms with Crippen LogP contribution in [0.2, 0.25) is 10.0 Å². The lowest BCUT2D eigenvalue weighted by molar-refractivity contribution is 0.0376. The smallest absolute Gasteiger partial charge is 0.339 e. The molecule has 0 spiro atoms. The van der Waals surface area contributed by atoms with E-state index in [2.05, 4.69) is 0 Å². The third-order valence-corrected chi connectivity index (χ3v) is 3.55. The Morgan fingerprint density at radius 3 is 2.53 bits per heavy atom. The van der Waals surface area contributed by atoms with Crippen LogP contribution in [-0.2, 0) is 4.74 Å². The van der Waals surface area contributed by atoms with Gasteiger partial charge in [-0.25, -0.2) is 4.79 Å². The quantitative estimate of drug-likeness (QED) is 0.450. The van der Waals surface area contributed by atoms with E-state index < -0.39 is 5.97 Å². The van der Waals surface area contributed by atoms with Crippen LogP contribution in [0.25, 0.3) is 0 Å². The molecule has 1 aromatic carbocycles. The Kier molecular flexibility index (Phi) is 4.67. The second kappa shape index (κ2) is 5.37. The molecule has 0 aromatic heterocycles. The Morgan fingerprint density at radius 1 is 1.40 bits per heavy atom. The highest BCUT2D eigenvalue weighted by atomic mass is 127. The van der Waals surface area contributed by atoms with Crippen LogP contribution in [0.15, 0.2) is 12.1 Å². The first-order valence-electron chi connectivity index (χ1n) is 4.27. The minimum Gasteiger partial charge on any atom is -0.459 e. The standard InChI is InChI=1S/C10H9Cl2IO2/c1-5(2)15-10(14)7-3-6(11)4-8(12)9(7)13/h3-5H,1-2H3. The molecule has 0 saturated heterocycles. The Bertz CT molecular complexity index is 391. The van der Waals surface area contributed by atoms with Gasteiger partial charge in [0, 0.05) is 8.59 Å². The zero-order valence-electron chi connectivity index (χ0n) is 8.18. The van der Waals surface area contributed by atoms with Gasteiger partial charge in [-0.15, -0.1) is 0 Å². The Balaban J connectivity index is 3.08. The fourth-order valence-corrected chi connectivity index (χ4v) is 2.01. The first-order valence-corrected chi connectivity index (χ1v) is 6.10. The summed E-state index contributed by atoms with van der Waals surface area (Å²) in [5, 5.41) is 0.884. The van der Waals surface area contributed by atoms with Gasteiger partial charge in [-0.05, 0) is 48.6 Å². The van der Waals surface area contributed by atoms with E-state index in [0.29, 0.717) is 19.2 Å². The zero-order valence-corrected chi connectivity index (χ0v) is 11.9. The molecule has 0 amide bonds. The van der Waals surface area contributed by atoms with Crippen molar-refractivity contribution in [1.29, 1.82) is 0 Å². The largest absolute Gasteiger partial charge is 0.459 e. The Morgan fingerprint density at radius 2 is 2.00 bits per heavy atom. The molecule has 1 aromatic rings. The Labute approximate surface area is 112 Å². The summed E-state index contributed by atoms with van der Waals surface area (Å²) in [5.41, 5.74) is 0.404. The van der Waals surface area contributed by atoms with E-state index >= 15 is 0 Å². The molecule has 0 saturated carbocycles. The van der Waals surface area contributed by atoms with E-state index in [-0.39, 0.29) is 6.10 Å². The lowest BCUT2D eigenvalue weighted by Gasteiger charge is -2.10. The summed E-state index contributed by atoms with van der Waals surface area (Å²) in [6, 6.07) is 3.15. The van der Waals surface area contributed by atoms with Gasteiger partial charge in [-0.1, -0.05) is 23.2 Å². The molecular formula is C10H9Cl2IO2. The maximum atomic E-state index is 11.6. The van der Waals surface area contributed by atoms with Crippen molar-refractivity contribution in [2.45, 2.75) is 20.0 Å². The van der Waals surface area contributed by atoms with Crippen molar-refractivity contribution in [1.82, 2.24) is 0 Å². The maximum absolute atomic E-state index is 11.6. The van der Waals surface area contributed by atoms with Crippen LogP contribution in [0.4, 0.5) is 0 Å². The molecule has 0 atom stereocenters. The minimum absolute atomic E-state index is 0.161. The highest BCUT2D eigenvalue weighted by Gasteiger charge is 2.16. The number of hydrogen-bond acceptors (Lipinski definition) is 2. The Hall–Kier alpha value is -0.000000000000000111. The van der Waals surface area contributed by atoms with E-state index in [4.69, 9.17) is 27.9 Å². The van der Waals surface area contributed by atoms with Gasteiger partial charge < -0.3 is 4.74 Å². The number of carbonyl (C=O) groups excluding carboxylic acids is 1. The molecule has 0 fully saturated rings. The van der Waals surface area contributed by atoms with Gasteiger partial charge in [0.25, 0.3) is 0 Å². The predicted molar refractivity (Wildman–Crippen MR) is 69.7 cm³/mol. The van der Waals surface area contributed by atoms with Crippen LogP contribution in [0.1, 0.15) is 24.2 Å². The first-order chi connectivity index (χ1) is 6.91. The second-order valence-corrected chi connectivity index (χ2v) is 5.13. The summed E-state index contributed by atoms with van der Waals surface area (Å²) in [7, 11) is 0. The first kappa shape index (κ1) is 13.1. The van der Waals surface area contributed by atoms with E-state index in [9.17, 15) is 4.79 Å². The number of hydrogen-bond donors (Lipinski definition) is 0. The third-order valence-electron chi connectivity index (χ3n) is 1.56. The molecule has 0 bridgehead atoms. The van der Waals surface area contributed by atoms with Crippen molar-refractivity contribution in [2.24, 2.45) is 0 Å². The van der Waals surface area contributed by atoms with Crippen LogP contribution in [0.5, 0.6) is 0 Å². The molecule has 0 unspecified atom stereocenters. The average Bonchev–Trinajstić information content (AvgIpc) is 2.09. The minimum atomic E-state index is -0.404. The fourth-order valence-electron chi connectivity index (χ4n) is 0.982. The van der Waals surface area contributed by atoms with Crippen molar-refractivity contribution in [3.63, 3.8) is 0 Å². The number of ether oxygens (including phenoxy) is 1. The number of esters is 1. The summed E-state index contributed by atoms with van der Waals surface area (Å²) in [4.78, 5) is 11.6. The van der Waals surface area contributed by atoms with Crippen LogP contribution in [-0.4, -0.2) is 12.1 Å². The van der Waals surface area contributed by atoms with Gasteiger partial charge in [0.1, 0.15) is 0 Å². The fraction of sp³-hybridized carbons (Fsp3) is 0.300. The highest BCUT2D eigenvalue weighted by molar-refractivity contribution is 14.1. The molecule has 0 N–H and O–H groups in total. The molecule has 5 heteroatoms. The molecule has 2 nitrogen and oxygen atoms in total. The topological polar surface area (TPSA) is 26.3 Å². The van der Waals surface area contributed by atoms with Crippen LogP contribution in [0.3, 0.4) is 0 Å². The van der Waals surface area contributed by atoms with Crippen molar-refractivity contribution < 1.29 is 9.53 Å². The second-order valence-electron chi connectivity index (χ2n) is 3.20. The number of halogens is 3. The van der Waals surface area contributed by atoms with Crippen molar-refractivity contribution in [2.75, 3.05) is 0 Å². The molecular weight excluding hydrogens is 350 g/mol. The van der Waals surface area contributed by atoms with Crippen molar-refractivity contribution >= 4 is 51.8 Å². The van der Waals surface area contributed by atoms with E-state index in [1.54, 1.807) is 26.0 Å². The summed E-state index contributed by atoms with van der Waals surface area (Å²) in [6.45, 7) is 3.58. The predicted octanol–water partition coefficient (Wildman–Crippen LogP) is 4.16. The number of rotatable bonds is 2. The summed E-state index contributed by atoms with van der Waals surface area (Å²) in [5.74, 6) is -0.404. The van der Waals surface area contributed by atoms with Gasteiger partial charge in [-0.3, -0.25) is 0 Å². The number of benzene rings is 1. The monoisotopic (exact) mass is 358 g/mol. The molecule has 0 aliphatic rings. The normalized spacial score (nSPS) is 10.5. The molecule has 1 rings (SSSR count). The van der Waals surface area contributed by atoms with Crippen molar-refractivity contribution in [3.8, 4) is 0 Å². The molecule has 0 radical (unpaired) electrons. The van der Waals surface area contributed by atoms with Crippen LogP contribution >= 0.6 is 45.8 Å². The molecule has 0 aliphatic heterocycles. The van der Waals surface area contributed by atoms with Gasteiger partial charge in [0.05, 0.1) is 16.7 Å². The molecule has 0 heterocycles. The van der Waals surface area contributed by atoms with Crippen LogP contribution in [0, 0.1) is 3.57 Å². The van der Waals surface area contributed by atoms with Gasteiger partial charge >= 0.3 is 5.97 Å². The summed E-state index contributed by atoms with van der Waals surface area (Å²) < 4.78 is 5.72. The van der Waals surface area contributed by atoms with E-state index in [1.807, 2.05) is 22.6 Å². The average molecular weight is 359 g/mol. The zero-order chi connectivity index (χ0) is 11.6.